The lowest BCUT2D eigenvalue weighted by atomic mass is 10.2. The molecule has 34 heavy (non-hydrogen) atoms. The first-order valence-corrected chi connectivity index (χ1v) is 13.9. The van der Waals surface area contributed by atoms with E-state index < -0.39 is 32.5 Å². The molecular weight excluding hydrogens is 542 g/mol. The molecule has 3 rings (SSSR count). The third kappa shape index (κ3) is 6.30. The summed E-state index contributed by atoms with van der Waals surface area (Å²) in [4.78, 5) is 13.0. The van der Waals surface area contributed by atoms with E-state index in [4.69, 9.17) is 0 Å². The summed E-state index contributed by atoms with van der Waals surface area (Å²) in [5.41, 5.74) is 1.62. The van der Waals surface area contributed by atoms with Crippen molar-refractivity contribution in [2.45, 2.75) is 23.3 Å². The maximum atomic E-state index is 13.3. The molecule has 0 saturated heterocycles. The van der Waals surface area contributed by atoms with Gasteiger partial charge in [0.25, 0.3) is 0 Å². The van der Waals surface area contributed by atoms with Gasteiger partial charge >= 0.3 is 0 Å². The highest BCUT2D eigenvalue weighted by molar-refractivity contribution is 9.10. The molecule has 3 aromatic rings. The Morgan fingerprint density at radius 3 is 2.18 bits per heavy atom. The van der Waals surface area contributed by atoms with Crippen LogP contribution in [-0.4, -0.2) is 40.6 Å². The molecule has 0 aliphatic heterocycles. The minimum atomic E-state index is -3.99. The van der Waals surface area contributed by atoms with E-state index in [9.17, 15) is 21.6 Å². The van der Waals surface area contributed by atoms with E-state index in [0.717, 1.165) is 8.78 Å². The number of aryl methyl sites for hydroxylation is 1. The molecule has 0 heterocycles. The Kier molecular flexibility index (Phi) is 8.26. The second-order valence-corrected chi connectivity index (χ2v) is 12.2. The summed E-state index contributed by atoms with van der Waals surface area (Å²) in [6.07, 6.45) is 0. The van der Waals surface area contributed by atoms with Crippen molar-refractivity contribution in [1.82, 2.24) is 9.03 Å². The van der Waals surface area contributed by atoms with Crippen LogP contribution in [0.15, 0.2) is 87.1 Å². The summed E-state index contributed by atoms with van der Waals surface area (Å²) in [5, 5.41) is 2.65. The number of anilines is 1. The molecule has 0 aliphatic rings. The highest BCUT2D eigenvalue weighted by Crippen LogP contribution is 2.22. The zero-order valence-corrected chi connectivity index (χ0v) is 21.7. The lowest BCUT2D eigenvalue weighted by Crippen LogP contribution is -2.37. The van der Waals surface area contributed by atoms with Gasteiger partial charge in [0.15, 0.2) is 0 Å². The summed E-state index contributed by atoms with van der Waals surface area (Å²) in [6, 6.07) is 19.3. The van der Waals surface area contributed by atoms with Gasteiger partial charge in [-0.3, -0.25) is 4.79 Å². The van der Waals surface area contributed by atoms with Crippen molar-refractivity contribution in [3.05, 3.63) is 88.4 Å². The van der Waals surface area contributed by atoms with Crippen molar-refractivity contribution in [1.29, 1.82) is 0 Å². The molecule has 1 amide bonds. The predicted molar refractivity (Wildman–Crippen MR) is 134 cm³/mol. The highest BCUT2D eigenvalue weighted by atomic mass is 79.9. The zero-order valence-electron chi connectivity index (χ0n) is 18.5. The van der Waals surface area contributed by atoms with Crippen LogP contribution in [0.25, 0.3) is 0 Å². The summed E-state index contributed by atoms with van der Waals surface area (Å²) in [5.74, 6) is -0.598. The van der Waals surface area contributed by atoms with Gasteiger partial charge in [-0.15, -0.1) is 0 Å². The van der Waals surface area contributed by atoms with E-state index in [1.54, 1.807) is 55.5 Å². The van der Waals surface area contributed by atoms with E-state index in [0.29, 0.717) is 11.1 Å². The number of carbonyl (C=O) groups excluding carboxylic acids is 1. The van der Waals surface area contributed by atoms with Crippen LogP contribution < -0.4 is 10.0 Å². The molecule has 0 saturated carbocycles. The minimum Gasteiger partial charge on any atom is -0.325 e. The van der Waals surface area contributed by atoms with Crippen LogP contribution in [0.3, 0.4) is 0 Å². The summed E-state index contributed by atoms with van der Waals surface area (Å²) in [7, 11) is -6.41. The molecule has 2 N–H and O–H groups in total. The molecule has 0 spiro atoms. The average Bonchev–Trinajstić information content (AvgIpc) is 2.82. The van der Waals surface area contributed by atoms with Gasteiger partial charge in [0.05, 0.1) is 16.3 Å². The first kappa shape index (κ1) is 26.0. The number of hydrogen-bond acceptors (Lipinski definition) is 5. The van der Waals surface area contributed by atoms with E-state index >= 15 is 0 Å². The van der Waals surface area contributed by atoms with Crippen LogP contribution >= 0.6 is 15.9 Å². The van der Waals surface area contributed by atoms with Crippen molar-refractivity contribution in [3.8, 4) is 0 Å². The Balaban J connectivity index is 1.90. The molecule has 11 heteroatoms. The number of nitrogens with one attached hydrogen (secondary N) is 2. The number of nitrogens with zero attached hydrogens (tertiary/aromatic N) is 1. The van der Waals surface area contributed by atoms with E-state index in [1.807, 2.05) is 0 Å². The maximum Gasteiger partial charge on any atom is 0.243 e. The third-order valence-electron chi connectivity index (χ3n) is 5.04. The number of halogens is 1. The quantitative estimate of drug-likeness (QED) is 0.412. The lowest BCUT2D eigenvalue weighted by Gasteiger charge is -2.22. The zero-order chi connectivity index (χ0) is 24.9. The van der Waals surface area contributed by atoms with Gasteiger partial charge in [-0.25, -0.2) is 21.6 Å². The van der Waals surface area contributed by atoms with Crippen molar-refractivity contribution in [2.75, 3.05) is 18.9 Å². The number of carbonyl (C=O) groups is 1. The fourth-order valence-corrected chi connectivity index (χ4v) is 5.56. The molecule has 0 unspecified atom stereocenters. The van der Waals surface area contributed by atoms with Gasteiger partial charge in [0, 0.05) is 16.7 Å². The monoisotopic (exact) mass is 565 g/mol. The van der Waals surface area contributed by atoms with E-state index in [2.05, 4.69) is 26.0 Å². The number of rotatable bonds is 9. The van der Waals surface area contributed by atoms with Crippen LogP contribution in [0.2, 0.25) is 0 Å². The predicted octanol–water partition coefficient (Wildman–Crippen LogP) is 3.50. The normalized spacial score (nSPS) is 12.0. The molecule has 0 bridgehead atoms. The number of hydrogen-bond donors (Lipinski definition) is 2. The van der Waals surface area contributed by atoms with Crippen molar-refractivity contribution >= 4 is 47.6 Å². The van der Waals surface area contributed by atoms with E-state index in [-0.39, 0.29) is 22.0 Å². The Bertz CT molecular complexity index is 1380. The maximum absolute atomic E-state index is 13.3. The summed E-state index contributed by atoms with van der Waals surface area (Å²) >= 11 is 3.35. The van der Waals surface area contributed by atoms with Crippen molar-refractivity contribution in [2.24, 2.45) is 0 Å². The topological polar surface area (TPSA) is 113 Å². The minimum absolute atomic E-state index is 0.0143. The second-order valence-electron chi connectivity index (χ2n) is 7.45. The standard InChI is InChI=1S/C23H24BrN3O5S2/c1-17-8-13-21(33(29,30)25-2)14-22(17)26-23(28)16-27(15-18-9-11-19(24)12-10-18)34(31,32)20-6-4-3-5-7-20/h3-14,25H,15-16H2,1-2H3,(H,26,28). The molecule has 0 aliphatic carbocycles. The molecule has 0 aromatic heterocycles. The third-order valence-corrected chi connectivity index (χ3v) is 8.78. The van der Waals surface area contributed by atoms with Crippen molar-refractivity contribution in [3.63, 3.8) is 0 Å². The van der Waals surface area contributed by atoms with Crippen LogP contribution in [0.5, 0.6) is 0 Å². The Morgan fingerprint density at radius 2 is 1.56 bits per heavy atom. The molecule has 8 nitrogen and oxygen atoms in total. The SMILES string of the molecule is CNS(=O)(=O)c1ccc(C)c(NC(=O)CN(Cc2ccc(Br)cc2)S(=O)(=O)c2ccccc2)c1. The first-order valence-electron chi connectivity index (χ1n) is 10.2. The Morgan fingerprint density at radius 1 is 0.912 bits per heavy atom. The average molecular weight is 566 g/mol. The summed E-state index contributed by atoms with van der Waals surface area (Å²) < 4.78 is 55.1. The fraction of sp³-hybridized carbons (Fsp3) is 0.174. The molecule has 0 radical (unpaired) electrons. The smallest absolute Gasteiger partial charge is 0.243 e. The van der Waals surface area contributed by atoms with Gasteiger partial charge < -0.3 is 5.32 Å². The number of amides is 1. The van der Waals surface area contributed by atoms with Gasteiger partial charge in [0.1, 0.15) is 0 Å². The van der Waals surface area contributed by atoms with Gasteiger partial charge in [0.2, 0.25) is 26.0 Å². The van der Waals surface area contributed by atoms with E-state index in [1.165, 1.54) is 31.3 Å². The largest absolute Gasteiger partial charge is 0.325 e. The first-order chi connectivity index (χ1) is 16.0. The van der Waals surface area contributed by atoms with Crippen LogP contribution in [-0.2, 0) is 31.4 Å². The van der Waals surface area contributed by atoms with Gasteiger partial charge in [-0.05, 0) is 61.5 Å². The molecule has 3 aromatic carbocycles. The molecular formula is C23H24BrN3O5S2. The molecule has 0 atom stereocenters. The number of sulfonamides is 2. The Labute approximate surface area is 208 Å². The lowest BCUT2D eigenvalue weighted by molar-refractivity contribution is -0.116. The summed E-state index contributed by atoms with van der Waals surface area (Å²) in [6.45, 7) is 1.23. The van der Waals surface area contributed by atoms with Crippen LogP contribution in [0.4, 0.5) is 5.69 Å². The second kappa shape index (κ2) is 10.8. The fourth-order valence-electron chi connectivity index (χ4n) is 3.13. The van der Waals surface area contributed by atoms with Crippen LogP contribution in [0.1, 0.15) is 11.1 Å². The highest BCUT2D eigenvalue weighted by Gasteiger charge is 2.27. The van der Waals surface area contributed by atoms with Gasteiger partial charge in [-0.1, -0.05) is 52.3 Å². The van der Waals surface area contributed by atoms with Crippen molar-refractivity contribution < 1.29 is 21.6 Å². The van der Waals surface area contributed by atoms with Crippen LogP contribution in [0, 0.1) is 6.92 Å². The number of benzene rings is 3. The molecule has 0 fully saturated rings. The molecule has 180 valence electrons. The van der Waals surface area contributed by atoms with Gasteiger partial charge in [-0.2, -0.15) is 4.31 Å². The Hall–Kier alpha value is -2.57.